The summed E-state index contributed by atoms with van der Waals surface area (Å²) >= 11 is 13.7. The van der Waals surface area contributed by atoms with Crippen LogP contribution in [0.5, 0.6) is 0 Å². The molecule has 1 N–H and O–H groups in total. The van der Waals surface area contributed by atoms with Crippen LogP contribution in [0, 0.1) is 6.92 Å². The largest absolute Gasteiger partial charge is 0.303 e. The van der Waals surface area contributed by atoms with E-state index in [9.17, 15) is 8.42 Å². The van der Waals surface area contributed by atoms with Crippen LogP contribution in [0.3, 0.4) is 0 Å². The number of thiophene rings is 1. The highest BCUT2D eigenvalue weighted by Crippen LogP contribution is 2.41. The Balaban J connectivity index is 1.43. The van der Waals surface area contributed by atoms with Gasteiger partial charge in [-0.1, -0.05) is 34.8 Å². The fourth-order valence-corrected chi connectivity index (χ4v) is 8.39. The topological polar surface area (TPSA) is 49.4 Å². The smallest absolute Gasteiger partial charge is 0.271 e. The summed E-state index contributed by atoms with van der Waals surface area (Å²) in [5.41, 5.74) is 6.44. The first-order chi connectivity index (χ1) is 15.7. The maximum atomic E-state index is 13.3. The number of hydrogen-bond donors (Lipinski definition) is 1. The number of anilines is 1. The molecule has 8 heteroatoms. The van der Waals surface area contributed by atoms with Crippen molar-refractivity contribution in [3.8, 4) is 0 Å². The molecule has 5 rings (SSSR count). The van der Waals surface area contributed by atoms with E-state index in [1.165, 1.54) is 59.5 Å². The number of nitrogens with zero attached hydrogens (tertiary/aromatic N) is 1. The number of aryl methyl sites for hydroxylation is 1. The molecule has 0 unspecified atom stereocenters. The number of allylic oxidation sites excluding steroid dienone is 1. The van der Waals surface area contributed by atoms with Crippen molar-refractivity contribution in [2.75, 3.05) is 24.4 Å². The van der Waals surface area contributed by atoms with Crippen molar-refractivity contribution in [2.45, 2.75) is 43.7 Å². The van der Waals surface area contributed by atoms with E-state index >= 15 is 0 Å². The zero-order chi connectivity index (χ0) is 23.3. The van der Waals surface area contributed by atoms with Gasteiger partial charge in [-0.2, -0.15) is 0 Å². The molecule has 0 bridgehead atoms. The maximum absolute atomic E-state index is 13.3. The maximum Gasteiger partial charge on any atom is 0.271 e. The van der Waals surface area contributed by atoms with Crippen LogP contribution in [0.25, 0.3) is 15.7 Å². The van der Waals surface area contributed by atoms with Gasteiger partial charge in [0.1, 0.15) is 4.21 Å². The molecule has 2 heterocycles. The highest BCUT2D eigenvalue weighted by molar-refractivity contribution is 7.95. The third-order valence-corrected chi connectivity index (χ3v) is 10.7. The normalized spacial score (nSPS) is 16.7. The summed E-state index contributed by atoms with van der Waals surface area (Å²) in [6.45, 7) is 7.42. The third-order valence-electron chi connectivity index (χ3n) is 6.69. The number of hydrogen-bond acceptors (Lipinski definition) is 4. The predicted molar refractivity (Wildman–Crippen MR) is 140 cm³/mol. The van der Waals surface area contributed by atoms with Gasteiger partial charge in [0.2, 0.25) is 0 Å². The minimum absolute atomic E-state index is 0.267. The molecule has 0 radical (unpaired) electrons. The average Bonchev–Trinajstić information content (AvgIpc) is 3.45. The van der Waals surface area contributed by atoms with Crippen LogP contribution in [0.1, 0.15) is 42.9 Å². The lowest BCUT2D eigenvalue weighted by molar-refractivity contribution is 0.348. The molecule has 1 aliphatic heterocycles. The summed E-state index contributed by atoms with van der Waals surface area (Å²) in [5, 5.41) is 1.73. The molecule has 0 spiro atoms. The number of nitrogens with one attached hydrogen (secondary N) is 1. The number of rotatable bonds is 6. The predicted octanol–water partition coefficient (Wildman–Crippen LogP) is 7.13. The molecule has 0 saturated carbocycles. The lowest BCUT2D eigenvalue weighted by Gasteiger charge is -2.16. The van der Waals surface area contributed by atoms with Crippen LogP contribution in [0.2, 0.25) is 10.0 Å². The lowest BCUT2D eigenvalue weighted by atomic mass is 10.0. The molecule has 2 aliphatic rings. The summed E-state index contributed by atoms with van der Waals surface area (Å²) < 4.78 is 30.5. The highest BCUT2D eigenvalue weighted by Gasteiger charge is 2.25. The highest BCUT2D eigenvalue weighted by atomic mass is 35.5. The van der Waals surface area contributed by atoms with Crippen molar-refractivity contribution in [3.63, 3.8) is 0 Å². The lowest BCUT2D eigenvalue weighted by Crippen LogP contribution is -2.20. The van der Waals surface area contributed by atoms with Gasteiger partial charge in [0.05, 0.1) is 9.72 Å². The van der Waals surface area contributed by atoms with E-state index in [0.717, 1.165) is 29.5 Å². The second kappa shape index (κ2) is 8.90. The van der Waals surface area contributed by atoms with Crippen molar-refractivity contribution in [2.24, 2.45) is 0 Å². The fraction of sp³-hybridized carbons (Fsp3) is 0.360. The van der Waals surface area contributed by atoms with Gasteiger partial charge < -0.3 is 4.90 Å². The number of sulfonamides is 1. The molecule has 1 fully saturated rings. The Hall–Kier alpha value is -1.57. The van der Waals surface area contributed by atoms with Gasteiger partial charge in [0.25, 0.3) is 10.0 Å². The zero-order valence-corrected chi connectivity index (χ0v) is 21.8. The van der Waals surface area contributed by atoms with Crippen LogP contribution < -0.4 is 4.72 Å². The van der Waals surface area contributed by atoms with Crippen LogP contribution in [0.4, 0.5) is 5.69 Å². The van der Waals surface area contributed by atoms with E-state index < -0.39 is 10.0 Å². The van der Waals surface area contributed by atoms with Crippen molar-refractivity contribution in [3.05, 3.63) is 62.6 Å². The van der Waals surface area contributed by atoms with Gasteiger partial charge in [-0.25, -0.2) is 8.42 Å². The summed E-state index contributed by atoms with van der Waals surface area (Å²) in [4.78, 5) is 2.52. The number of benzene rings is 2. The van der Waals surface area contributed by atoms with E-state index in [4.69, 9.17) is 23.2 Å². The first kappa shape index (κ1) is 23.2. The number of halogens is 2. The average molecular weight is 522 g/mol. The van der Waals surface area contributed by atoms with Crippen molar-refractivity contribution >= 4 is 65.9 Å². The van der Waals surface area contributed by atoms with Gasteiger partial charge in [-0.05, 0) is 105 Å². The zero-order valence-electron chi connectivity index (χ0n) is 18.7. The van der Waals surface area contributed by atoms with Gasteiger partial charge in [0.15, 0.2) is 0 Å². The Morgan fingerprint density at radius 3 is 2.61 bits per heavy atom. The van der Waals surface area contributed by atoms with Crippen LogP contribution in [-0.2, 0) is 16.4 Å². The molecule has 0 atom stereocenters. The third kappa shape index (κ3) is 4.44. The molecule has 33 heavy (non-hydrogen) atoms. The monoisotopic (exact) mass is 520 g/mol. The Morgan fingerprint density at radius 2 is 1.85 bits per heavy atom. The molecule has 3 aromatic rings. The van der Waals surface area contributed by atoms with Crippen molar-refractivity contribution < 1.29 is 8.42 Å². The molecule has 1 saturated heterocycles. The van der Waals surface area contributed by atoms with Crippen LogP contribution in [-0.4, -0.2) is 33.0 Å². The van der Waals surface area contributed by atoms with E-state index in [-0.39, 0.29) is 4.21 Å². The van der Waals surface area contributed by atoms with Gasteiger partial charge in [-0.15, -0.1) is 11.3 Å². The number of fused-ring (bicyclic) bond motifs is 2. The van der Waals surface area contributed by atoms with Crippen molar-refractivity contribution in [1.82, 2.24) is 4.90 Å². The van der Waals surface area contributed by atoms with Crippen LogP contribution >= 0.6 is 34.5 Å². The quantitative estimate of drug-likeness (QED) is 0.375. The second-order valence-electron chi connectivity index (χ2n) is 8.99. The Morgan fingerprint density at radius 1 is 1.09 bits per heavy atom. The standard InChI is InChI=1S/C25H26Cl2N2O2S2/c1-15-11-17-5-6-19(14-22(17)20(15)7-10-29-8-3-4-9-29)28-33(30,31)25-16(2)21-12-18(26)13-23(27)24(21)32-25/h5-6,12-14,28H,3-4,7-11H2,1-2H3. The molecular formula is C25H26Cl2N2O2S2. The van der Waals surface area contributed by atoms with Gasteiger partial charge in [0, 0.05) is 17.3 Å². The second-order valence-corrected chi connectivity index (χ2v) is 12.7. The van der Waals surface area contributed by atoms with Crippen LogP contribution in [0.15, 0.2) is 40.1 Å². The molecule has 0 amide bonds. The molecule has 174 valence electrons. The summed E-state index contributed by atoms with van der Waals surface area (Å²) in [6.07, 6.45) is 4.51. The fourth-order valence-electron chi connectivity index (χ4n) is 5.00. The van der Waals surface area contributed by atoms with Gasteiger partial charge in [-0.3, -0.25) is 4.72 Å². The molecule has 1 aromatic heterocycles. The van der Waals surface area contributed by atoms with Gasteiger partial charge >= 0.3 is 0 Å². The van der Waals surface area contributed by atoms with Crippen molar-refractivity contribution in [1.29, 1.82) is 0 Å². The first-order valence-corrected chi connectivity index (χ1v) is 14.2. The minimum Gasteiger partial charge on any atom is -0.303 e. The van der Waals surface area contributed by atoms with E-state index in [1.807, 2.05) is 18.2 Å². The molecule has 1 aliphatic carbocycles. The van der Waals surface area contributed by atoms with E-state index in [1.54, 1.807) is 19.1 Å². The minimum atomic E-state index is -3.77. The Bertz CT molecular complexity index is 1390. The molecule has 4 nitrogen and oxygen atoms in total. The molecular weight excluding hydrogens is 495 g/mol. The van der Waals surface area contributed by atoms with E-state index in [0.29, 0.717) is 21.3 Å². The Kier molecular flexibility index (Phi) is 6.25. The summed E-state index contributed by atoms with van der Waals surface area (Å²) in [5.74, 6) is 0. The number of likely N-dealkylation sites (tertiary alicyclic amines) is 1. The summed E-state index contributed by atoms with van der Waals surface area (Å²) in [7, 11) is -3.77. The first-order valence-electron chi connectivity index (χ1n) is 11.2. The van der Waals surface area contributed by atoms with E-state index in [2.05, 4.69) is 16.5 Å². The summed E-state index contributed by atoms with van der Waals surface area (Å²) in [6, 6.07) is 9.32. The SMILES string of the molecule is CC1=C(CCN2CCCC2)c2cc(NS(=O)(=O)c3sc4c(Cl)cc(Cl)cc4c3C)ccc2C1. The molecule has 2 aromatic carbocycles. The Labute approximate surface area is 209 Å².